The number of aliphatic carboxylic acids is 1. The van der Waals surface area contributed by atoms with Crippen LogP contribution in [0.25, 0.3) is 11.1 Å². The summed E-state index contributed by atoms with van der Waals surface area (Å²) >= 11 is 0. The molecule has 3 N–H and O–H groups in total. The fourth-order valence-electron chi connectivity index (χ4n) is 4.42. The monoisotopic (exact) mass is 452 g/mol. The lowest BCUT2D eigenvalue weighted by Crippen LogP contribution is -2.52. The first-order valence-electron chi connectivity index (χ1n) is 11.1. The molecule has 1 fully saturated rings. The Balaban J connectivity index is 1.40. The van der Waals surface area contributed by atoms with E-state index in [-0.39, 0.29) is 18.6 Å². The number of rotatable bonds is 10. The molecule has 2 atom stereocenters. The van der Waals surface area contributed by atoms with Crippen molar-refractivity contribution in [3.05, 3.63) is 59.7 Å². The van der Waals surface area contributed by atoms with Gasteiger partial charge in [0.25, 0.3) is 0 Å². The number of methoxy groups -OCH3 is 1. The van der Waals surface area contributed by atoms with Gasteiger partial charge in [-0.2, -0.15) is 0 Å². The van der Waals surface area contributed by atoms with Gasteiger partial charge in [-0.05, 0) is 41.0 Å². The van der Waals surface area contributed by atoms with Crippen LogP contribution in [0.15, 0.2) is 48.5 Å². The van der Waals surface area contributed by atoms with E-state index < -0.39 is 30.4 Å². The van der Waals surface area contributed by atoms with Crippen LogP contribution in [0.1, 0.15) is 36.3 Å². The largest absolute Gasteiger partial charge is 0.481 e. The molecule has 0 spiro atoms. The Morgan fingerprint density at radius 2 is 1.61 bits per heavy atom. The summed E-state index contributed by atoms with van der Waals surface area (Å²) in [4.78, 5) is 36.6. The number of alkyl carbamates (subject to hydrolysis) is 1. The van der Waals surface area contributed by atoms with E-state index in [1.54, 1.807) is 7.11 Å². The lowest BCUT2D eigenvalue weighted by Gasteiger charge is -2.22. The zero-order chi connectivity index (χ0) is 23.4. The second-order valence-electron chi connectivity index (χ2n) is 8.53. The van der Waals surface area contributed by atoms with Crippen molar-refractivity contribution < 1.29 is 29.0 Å². The highest BCUT2D eigenvalue weighted by atomic mass is 16.5. The number of nitrogens with one attached hydrogen (secondary N) is 2. The van der Waals surface area contributed by atoms with E-state index in [0.29, 0.717) is 12.5 Å². The summed E-state index contributed by atoms with van der Waals surface area (Å²) in [5, 5.41) is 14.5. The van der Waals surface area contributed by atoms with Crippen molar-refractivity contribution in [1.82, 2.24) is 10.6 Å². The van der Waals surface area contributed by atoms with Crippen molar-refractivity contribution in [1.29, 1.82) is 0 Å². The van der Waals surface area contributed by atoms with Crippen molar-refractivity contribution in [2.24, 2.45) is 5.92 Å². The minimum absolute atomic E-state index is 0.0790. The van der Waals surface area contributed by atoms with E-state index in [2.05, 4.69) is 10.6 Å². The van der Waals surface area contributed by atoms with Gasteiger partial charge < -0.3 is 25.2 Å². The van der Waals surface area contributed by atoms with Crippen LogP contribution in [0.3, 0.4) is 0 Å². The number of ether oxygens (including phenoxy) is 2. The number of carboxylic acid groups (broad SMARTS) is 1. The number of amides is 2. The SMILES string of the molecule is COCC(NC(=O)C(CC(=O)O)NC(=O)OCC1c2ccccc2-c2ccccc21)C1CC1. The molecule has 0 heterocycles. The predicted molar refractivity (Wildman–Crippen MR) is 121 cm³/mol. The molecule has 2 unspecified atom stereocenters. The summed E-state index contributed by atoms with van der Waals surface area (Å²) in [6.45, 7) is 0.413. The van der Waals surface area contributed by atoms with E-state index in [0.717, 1.165) is 35.1 Å². The van der Waals surface area contributed by atoms with Crippen molar-refractivity contribution in [2.75, 3.05) is 20.3 Å². The summed E-state index contributed by atoms with van der Waals surface area (Å²) in [7, 11) is 1.55. The highest BCUT2D eigenvalue weighted by molar-refractivity contribution is 5.89. The summed E-state index contributed by atoms with van der Waals surface area (Å²) in [5.41, 5.74) is 4.35. The zero-order valence-electron chi connectivity index (χ0n) is 18.5. The third-order valence-electron chi connectivity index (χ3n) is 6.20. The van der Waals surface area contributed by atoms with Gasteiger partial charge in [-0.1, -0.05) is 48.5 Å². The zero-order valence-corrected chi connectivity index (χ0v) is 18.5. The van der Waals surface area contributed by atoms with Crippen molar-refractivity contribution in [3.8, 4) is 11.1 Å². The summed E-state index contributed by atoms with van der Waals surface area (Å²) in [6.07, 6.45) is 0.600. The van der Waals surface area contributed by atoms with Crippen LogP contribution in [0.4, 0.5) is 4.79 Å². The molecule has 2 aliphatic rings. The average molecular weight is 453 g/mol. The van der Waals surface area contributed by atoms with Crippen LogP contribution in [0.5, 0.6) is 0 Å². The molecular weight excluding hydrogens is 424 g/mol. The van der Waals surface area contributed by atoms with E-state index >= 15 is 0 Å². The van der Waals surface area contributed by atoms with Crippen LogP contribution in [-0.2, 0) is 19.1 Å². The molecule has 0 bridgehead atoms. The first-order chi connectivity index (χ1) is 16.0. The Kier molecular flexibility index (Phi) is 6.93. The first-order valence-corrected chi connectivity index (χ1v) is 11.1. The van der Waals surface area contributed by atoms with Crippen molar-refractivity contribution in [2.45, 2.75) is 37.3 Å². The Hall–Kier alpha value is -3.39. The standard InChI is InChI=1S/C25H28N2O6/c1-32-14-22(15-10-11-15)26-24(30)21(12-23(28)29)27-25(31)33-13-20-18-8-4-2-6-16(18)17-7-3-5-9-19(17)20/h2-9,15,20-22H,10-14H2,1H3,(H,26,30)(H,27,31)(H,28,29). The van der Waals surface area contributed by atoms with Crippen molar-refractivity contribution in [3.63, 3.8) is 0 Å². The summed E-state index contributed by atoms with van der Waals surface area (Å²) in [5.74, 6) is -1.56. The second kappa shape index (κ2) is 10.0. The Morgan fingerprint density at radius 1 is 1.00 bits per heavy atom. The molecule has 8 nitrogen and oxygen atoms in total. The Bertz CT molecular complexity index is 990. The van der Waals surface area contributed by atoms with Crippen LogP contribution < -0.4 is 10.6 Å². The maximum absolute atomic E-state index is 12.7. The Morgan fingerprint density at radius 3 is 2.15 bits per heavy atom. The maximum atomic E-state index is 12.7. The molecule has 2 aromatic rings. The number of carbonyl (C=O) groups is 3. The van der Waals surface area contributed by atoms with Gasteiger partial charge in [0.2, 0.25) is 5.91 Å². The summed E-state index contributed by atoms with van der Waals surface area (Å²) in [6, 6.07) is 14.5. The van der Waals surface area contributed by atoms with Gasteiger partial charge in [-0.3, -0.25) is 9.59 Å². The molecule has 2 aliphatic carbocycles. The third-order valence-corrected chi connectivity index (χ3v) is 6.20. The van der Waals surface area contributed by atoms with Gasteiger partial charge in [0.15, 0.2) is 0 Å². The molecule has 8 heteroatoms. The number of carboxylic acids is 1. The average Bonchev–Trinajstić information content (AvgIpc) is 3.60. The molecule has 2 aromatic carbocycles. The minimum Gasteiger partial charge on any atom is -0.481 e. The van der Waals surface area contributed by atoms with Crippen molar-refractivity contribution >= 4 is 18.0 Å². The molecule has 2 amide bonds. The van der Waals surface area contributed by atoms with Gasteiger partial charge in [-0.15, -0.1) is 0 Å². The van der Waals surface area contributed by atoms with E-state index in [4.69, 9.17) is 9.47 Å². The summed E-state index contributed by atoms with van der Waals surface area (Å²) < 4.78 is 10.6. The number of carbonyl (C=O) groups excluding carboxylic acids is 2. The van der Waals surface area contributed by atoms with Gasteiger partial charge >= 0.3 is 12.1 Å². The number of benzene rings is 2. The molecule has 0 radical (unpaired) electrons. The fourth-order valence-corrected chi connectivity index (χ4v) is 4.42. The molecule has 33 heavy (non-hydrogen) atoms. The van der Waals surface area contributed by atoms with Gasteiger partial charge in [0, 0.05) is 13.0 Å². The van der Waals surface area contributed by atoms with Crippen LogP contribution >= 0.6 is 0 Å². The predicted octanol–water partition coefficient (Wildman–Crippen LogP) is 2.91. The van der Waals surface area contributed by atoms with Crippen LogP contribution in [0.2, 0.25) is 0 Å². The second-order valence-corrected chi connectivity index (χ2v) is 8.53. The number of fused-ring (bicyclic) bond motifs is 3. The normalized spacial score (nSPS) is 16.3. The minimum atomic E-state index is -1.24. The van der Waals surface area contributed by atoms with E-state index in [1.165, 1.54) is 0 Å². The maximum Gasteiger partial charge on any atom is 0.407 e. The third kappa shape index (κ3) is 5.34. The molecule has 0 saturated heterocycles. The molecular formula is C25H28N2O6. The quantitative estimate of drug-likeness (QED) is 0.511. The number of hydrogen-bond acceptors (Lipinski definition) is 5. The lowest BCUT2D eigenvalue weighted by molar-refractivity contribution is -0.140. The van der Waals surface area contributed by atoms with Gasteiger partial charge in [0.05, 0.1) is 19.1 Å². The van der Waals surface area contributed by atoms with Crippen LogP contribution in [-0.4, -0.2) is 55.5 Å². The number of hydrogen-bond donors (Lipinski definition) is 3. The van der Waals surface area contributed by atoms with Crippen LogP contribution in [0, 0.1) is 5.92 Å². The molecule has 0 aliphatic heterocycles. The van der Waals surface area contributed by atoms with Gasteiger partial charge in [-0.25, -0.2) is 4.79 Å². The molecule has 174 valence electrons. The fraction of sp³-hybridized carbons (Fsp3) is 0.400. The Labute approximate surface area is 192 Å². The topological polar surface area (TPSA) is 114 Å². The highest BCUT2D eigenvalue weighted by Gasteiger charge is 2.35. The molecule has 0 aromatic heterocycles. The highest BCUT2D eigenvalue weighted by Crippen LogP contribution is 2.44. The lowest BCUT2D eigenvalue weighted by atomic mass is 9.98. The molecule has 4 rings (SSSR count). The first kappa shape index (κ1) is 22.8. The van der Waals surface area contributed by atoms with Gasteiger partial charge in [0.1, 0.15) is 12.6 Å². The van der Waals surface area contributed by atoms with E-state index in [9.17, 15) is 19.5 Å². The van der Waals surface area contributed by atoms with E-state index in [1.807, 2.05) is 48.5 Å². The molecule has 1 saturated carbocycles. The smallest absolute Gasteiger partial charge is 0.407 e.